The second-order valence-corrected chi connectivity index (χ2v) is 14.6. The first-order valence-electron chi connectivity index (χ1n) is 17.0. The Morgan fingerprint density at radius 3 is 2.54 bits per heavy atom. The van der Waals surface area contributed by atoms with Gasteiger partial charge in [-0.15, -0.1) is 0 Å². The van der Waals surface area contributed by atoms with Crippen LogP contribution < -0.4 is 9.64 Å². The van der Waals surface area contributed by atoms with Crippen molar-refractivity contribution < 1.29 is 28.5 Å². The first-order valence-corrected chi connectivity index (χ1v) is 17.0. The van der Waals surface area contributed by atoms with Crippen molar-refractivity contribution in [1.29, 1.82) is 0 Å². The maximum atomic E-state index is 14.9. The van der Waals surface area contributed by atoms with E-state index in [2.05, 4.69) is 11.8 Å². The molecule has 0 radical (unpaired) electrons. The molecule has 0 amide bonds. The van der Waals surface area contributed by atoms with Crippen molar-refractivity contribution in [1.82, 2.24) is 14.6 Å². The van der Waals surface area contributed by atoms with Gasteiger partial charge in [-0.1, -0.05) is 18.2 Å². The van der Waals surface area contributed by atoms with Crippen LogP contribution in [-0.2, 0) is 14.3 Å². The standard InChI is InChI=1S/C38H47FN4O5/c1-23-19-28-26-12-10-13-27(20-26)30-22-32-40-25(3)33(34(36(44)45)48-37(4,5)6)35(43(32)41-30)42-16-14-38(7,15-17-42)46-18-9-8-11-24(2)47-31(28)21-29(23)39/h10,12-13,19-22,24,34H,8-9,11,14-18H2,1-7H3,(H,44,45)/t24-,34+/m1/s1. The molecule has 4 aromatic rings. The lowest BCUT2D eigenvalue weighted by Crippen LogP contribution is -2.46. The SMILES string of the molecule is Cc1cc2c(cc1F)O[C@H](C)CCCCOC1(C)CCN(CC1)c1c([C@H](OC(C)(C)C)C(=O)O)c(C)nc3cc(nn13)-c1cccc-2c1. The fourth-order valence-corrected chi connectivity index (χ4v) is 6.75. The summed E-state index contributed by atoms with van der Waals surface area (Å²) in [6.07, 6.45) is 2.82. The Labute approximate surface area is 282 Å². The third-order valence-electron chi connectivity index (χ3n) is 9.40. The van der Waals surface area contributed by atoms with Gasteiger partial charge in [0.1, 0.15) is 17.4 Å². The Morgan fingerprint density at radius 2 is 1.83 bits per heavy atom. The van der Waals surface area contributed by atoms with Crippen LogP contribution in [-0.4, -0.2) is 62.7 Å². The Morgan fingerprint density at radius 1 is 1.10 bits per heavy atom. The molecule has 3 aliphatic rings. The highest BCUT2D eigenvalue weighted by atomic mass is 19.1. The molecule has 0 aliphatic carbocycles. The van der Waals surface area contributed by atoms with Gasteiger partial charge in [0.05, 0.1) is 28.6 Å². The molecule has 9 nitrogen and oxygen atoms in total. The highest BCUT2D eigenvalue weighted by Crippen LogP contribution is 2.40. The van der Waals surface area contributed by atoms with Gasteiger partial charge in [0.15, 0.2) is 11.8 Å². The number of nitrogens with zero attached hydrogens (tertiary/aromatic N) is 4. The summed E-state index contributed by atoms with van der Waals surface area (Å²) in [5.41, 5.74) is 4.41. The lowest BCUT2D eigenvalue weighted by molar-refractivity contribution is -0.160. The third-order valence-corrected chi connectivity index (χ3v) is 9.40. The smallest absolute Gasteiger partial charge is 0.337 e. The Bertz CT molecular complexity index is 1820. The van der Waals surface area contributed by atoms with E-state index >= 15 is 0 Å². The van der Waals surface area contributed by atoms with Gasteiger partial charge in [0.2, 0.25) is 0 Å². The average molecular weight is 659 g/mol. The van der Waals surface area contributed by atoms with Gasteiger partial charge < -0.3 is 24.2 Å². The molecule has 2 atom stereocenters. The van der Waals surface area contributed by atoms with E-state index in [4.69, 9.17) is 24.3 Å². The number of fused-ring (bicyclic) bond motifs is 8. The van der Waals surface area contributed by atoms with Crippen LogP contribution in [0, 0.1) is 19.7 Å². The summed E-state index contributed by atoms with van der Waals surface area (Å²) in [5.74, 6) is -0.210. The number of carboxylic acid groups (broad SMARTS) is 1. The predicted octanol–water partition coefficient (Wildman–Crippen LogP) is 8.09. The maximum absolute atomic E-state index is 14.9. The maximum Gasteiger partial charge on any atom is 0.337 e. The van der Waals surface area contributed by atoms with E-state index in [9.17, 15) is 14.3 Å². The number of anilines is 1. The van der Waals surface area contributed by atoms with Crippen LogP contribution in [0.4, 0.5) is 10.2 Å². The van der Waals surface area contributed by atoms with Gasteiger partial charge >= 0.3 is 5.97 Å². The molecular formula is C38H47FN4O5. The number of rotatable bonds is 3. The van der Waals surface area contributed by atoms with Gasteiger partial charge in [-0.3, -0.25) is 0 Å². The molecule has 0 unspecified atom stereocenters. The van der Waals surface area contributed by atoms with Crippen LogP contribution in [0.25, 0.3) is 28.0 Å². The molecular weight excluding hydrogens is 611 g/mol. The number of aromatic nitrogens is 3. The quantitative estimate of drug-likeness (QED) is 0.236. The Balaban J connectivity index is 1.54. The van der Waals surface area contributed by atoms with Crippen molar-refractivity contribution in [3.05, 3.63) is 65.1 Å². The van der Waals surface area contributed by atoms with Crippen molar-refractivity contribution in [3.8, 4) is 28.1 Å². The lowest BCUT2D eigenvalue weighted by Gasteiger charge is -2.41. The molecule has 1 fully saturated rings. The summed E-state index contributed by atoms with van der Waals surface area (Å²) in [4.78, 5) is 19.9. The van der Waals surface area contributed by atoms with Crippen LogP contribution in [0.3, 0.4) is 0 Å². The van der Waals surface area contributed by atoms with Gasteiger partial charge in [-0.05, 0) is 104 Å². The van der Waals surface area contributed by atoms with E-state index in [0.717, 1.165) is 48.8 Å². The largest absolute Gasteiger partial charge is 0.490 e. The summed E-state index contributed by atoms with van der Waals surface area (Å²) in [6, 6.07) is 13.2. The number of halogens is 1. The van der Waals surface area contributed by atoms with Crippen LogP contribution in [0.15, 0.2) is 42.5 Å². The number of hydrogen-bond acceptors (Lipinski definition) is 7. The molecule has 0 saturated carbocycles. The van der Waals surface area contributed by atoms with E-state index in [0.29, 0.717) is 59.4 Å². The number of carbonyl (C=O) groups is 1. The summed E-state index contributed by atoms with van der Waals surface area (Å²) < 4.78 is 35.7. The van der Waals surface area contributed by atoms with Gasteiger partial charge in [0.25, 0.3) is 0 Å². The number of piperidine rings is 1. The minimum atomic E-state index is -1.24. The van der Waals surface area contributed by atoms with E-state index in [-0.39, 0.29) is 17.5 Å². The zero-order valence-electron chi connectivity index (χ0n) is 29.1. The van der Waals surface area contributed by atoms with Crippen molar-refractivity contribution in [2.45, 2.75) is 104 Å². The molecule has 48 heavy (non-hydrogen) atoms. The Kier molecular flexibility index (Phi) is 9.26. The van der Waals surface area contributed by atoms with Gasteiger partial charge in [-0.25, -0.2) is 14.2 Å². The average Bonchev–Trinajstić information content (AvgIpc) is 3.44. The van der Waals surface area contributed by atoms with E-state index < -0.39 is 17.7 Å². The van der Waals surface area contributed by atoms with Crippen LogP contribution in [0.2, 0.25) is 0 Å². The van der Waals surface area contributed by atoms with Crippen molar-refractivity contribution in [3.63, 3.8) is 0 Å². The van der Waals surface area contributed by atoms with Crippen LogP contribution in [0.5, 0.6) is 5.75 Å². The second-order valence-electron chi connectivity index (χ2n) is 14.6. The third kappa shape index (κ3) is 7.05. The molecule has 7 rings (SSSR count). The molecule has 2 aromatic heterocycles. The number of aryl methyl sites for hydroxylation is 2. The zero-order valence-corrected chi connectivity index (χ0v) is 29.1. The first kappa shape index (κ1) is 33.9. The van der Waals surface area contributed by atoms with Gasteiger partial charge in [0, 0.05) is 48.6 Å². The minimum Gasteiger partial charge on any atom is -0.490 e. The van der Waals surface area contributed by atoms with E-state index in [1.807, 2.05) is 71.0 Å². The second kappa shape index (κ2) is 13.1. The monoisotopic (exact) mass is 658 g/mol. The van der Waals surface area contributed by atoms with Crippen molar-refractivity contribution in [2.75, 3.05) is 24.6 Å². The van der Waals surface area contributed by atoms with E-state index in [1.54, 1.807) is 11.4 Å². The van der Waals surface area contributed by atoms with Crippen LogP contribution in [0.1, 0.15) is 89.6 Å². The zero-order chi connectivity index (χ0) is 34.4. The highest BCUT2D eigenvalue weighted by molar-refractivity contribution is 5.80. The van der Waals surface area contributed by atoms with E-state index in [1.165, 1.54) is 6.07 Å². The summed E-state index contributed by atoms with van der Waals surface area (Å²) >= 11 is 0. The molecule has 1 N–H and O–H groups in total. The number of aliphatic carboxylic acids is 1. The first-order chi connectivity index (χ1) is 22.7. The van der Waals surface area contributed by atoms with Crippen molar-refractivity contribution in [2.24, 2.45) is 0 Å². The number of ether oxygens (including phenoxy) is 3. The highest BCUT2D eigenvalue weighted by Gasteiger charge is 2.38. The molecule has 10 heteroatoms. The molecule has 2 aromatic carbocycles. The molecule has 0 spiro atoms. The molecule has 6 bridgehead atoms. The van der Waals surface area contributed by atoms with Gasteiger partial charge in [-0.2, -0.15) is 9.61 Å². The number of benzene rings is 2. The van der Waals surface area contributed by atoms with Crippen molar-refractivity contribution >= 4 is 17.4 Å². The molecule has 256 valence electrons. The lowest BCUT2D eigenvalue weighted by atomic mass is 9.92. The molecule has 3 aliphatic heterocycles. The summed E-state index contributed by atoms with van der Waals surface area (Å²) in [6.45, 7) is 15.3. The normalized spacial score (nSPS) is 21.2. The molecule has 1 saturated heterocycles. The minimum absolute atomic E-state index is 0.101. The van der Waals surface area contributed by atoms with Crippen LogP contribution >= 0.6 is 0 Å². The Hall–Kier alpha value is -4.02. The summed E-state index contributed by atoms with van der Waals surface area (Å²) in [5, 5.41) is 15.6. The molecule has 5 heterocycles. The predicted molar refractivity (Wildman–Crippen MR) is 184 cm³/mol. The fraction of sp³-hybridized carbons (Fsp3) is 0.500. The number of hydrogen-bond donors (Lipinski definition) is 1. The number of carboxylic acids is 1. The summed E-state index contributed by atoms with van der Waals surface area (Å²) in [7, 11) is 0. The topological polar surface area (TPSA) is 98.4 Å². The fourth-order valence-electron chi connectivity index (χ4n) is 6.75.